The van der Waals surface area contributed by atoms with Crippen LogP contribution in [-0.2, 0) is 16.6 Å². The third-order valence-electron chi connectivity index (χ3n) is 2.22. The SMILES string of the molecule is O=C(O)c1cc(S(=O)(=O)NCc2ccc(Cl)s2)c(Br)s1. The maximum atomic E-state index is 12.1. The van der Waals surface area contributed by atoms with Crippen LogP contribution in [0, 0.1) is 0 Å². The number of hydrogen-bond donors (Lipinski definition) is 2. The number of nitrogens with one attached hydrogen (secondary N) is 1. The molecule has 108 valence electrons. The van der Waals surface area contributed by atoms with E-state index in [1.54, 1.807) is 12.1 Å². The molecule has 0 atom stereocenters. The second-order valence-corrected chi connectivity index (χ2v) is 9.49. The van der Waals surface area contributed by atoms with Crippen LogP contribution in [0.3, 0.4) is 0 Å². The van der Waals surface area contributed by atoms with Gasteiger partial charge in [-0.25, -0.2) is 17.9 Å². The first-order valence-electron chi connectivity index (χ1n) is 5.06. The Labute approximate surface area is 136 Å². The van der Waals surface area contributed by atoms with Crippen LogP contribution in [0.5, 0.6) is 0 Å². The fraction of sp³-hybridized carbons (Fsp3) is 0.100. The van der Waals surface area contributed by atoms with Crippen LogP contribution in [-0.4, -0.2) is 19.5 Å². The van der Waals surface area contributed by atoms with E-state index in [1.165, 1.54) is 11.3 Å². The summed E-state index contributed by atoms with van der Waals surface area (Å²) in [6.45, 7) is 0.102. The average Bonchev–Trinajstić information content (AvgIpc) is 2.93. The van der Waals surface area contributed by atoms with Crippen molar-refractivity contribution in [3.8, 4) is 0 Å². The number of aromatic carboxylic acids is 1. The van der Waals surface area contributed by atoms with Gasteiger partial charge in [0.05, 0.1) is 8.12 Å². The molecule has 20 heavy (non-hydrogen) atoms. The minimum absolute atomic E-state index is 0.0450. The zero-order valence-electron chi connectivity index (χ0n) is 9.59. The molecule has 0 aliphatic carbocycles. The van der Waals surface area contributed by atoms with Crippen LogP contribution in [0.4, 0.5) is 0 Å². The summed E-state index contributed by atoms with van der Waals surface area (Å²) in [5, 5.41) is 8.86. The summed E-state index contributed by atoms with van der Waals surface area (Å²) in [6, 6.07) is 4.53. The Hall–Kier alpha value is -0.450. The Morgan fingerprint density at radius 1 is 1.40 bits per heavy atom. The van der Waals surface area contributed by atoms with Crippen molar-refractivity contribution in [1.82, 2.24) is 4.72 Å². The molecule has 2 aromatic rings. The van der Waals surface area contributed by atoms with Crippen molar-refractivity contribution < 1.29 is 18.3 Å². The summed E-state index contributed by atoms with van der Waals surface area (Å²) in [5.74, 6) is -1.16. The van der Waals surface area contributed by atoms with Gasteiger partial charge in [0, 0.05) is 11.4 Å². The van der Waals surface area contributed by atoms with Crippen molar-refractivity contribution in [3.05, 3.63) is 36.1 Å². The zero-order chi connectivity index (χ0) is 14.9. The lowest BCUT2D eigenvalue weighted by Crippen LogP contribution is -2.22. The van der Waals surface area contributed by atoms with Gasteiger partial charge < -0.3 is 5.11 Å². The largest absolute Gasteiger partial charge is 0.477 e. The van der Waals surface area contributed by atoms with Crippen LogP contribution in [0.1, 0.15) is 14.5 Å². The van der Waals surface area contributed by atoms with Crippen molar-refractivity contribution in [1.29, 1.82) is 0 Å². The quantitative estimate of drug-likeness (QED) is 0.782. The fourth-order valence-electron chi connectivity index (χ4n) is 1.33. The van der Waals surface area contributed by atoms with Crippen LogP contribution in [0.2, 0.25) is 4.34 Å². The number of rotatable bonds is 5. The van der Waals surface area contributed by atoms with Crippen LogP contribution >= 0.6 is 50.2 Å². The van der Waals surface area contributed by atoms with Crippen molar-refractivity contribution in [2.45, 2.75) is 11.4 Å². The predicted molar refractivity (Wildman–Crippen MR) is 82.3 cm³/mol. The van der Waals surface area contributed by atoms with E-state index >= 15 is 0 Å². The molecule has 0 aliphatic rings. The van der Waals surface area contributed by atoms with Gasteiger partial charge in [-0.15, -0.1) is 22.7 Å². The molecular formula is C10H7BrClNO4S3. The van der Waals surface area contributed by atoms with E-state index in [2.05, 4.69) is 20.7 Å². The zero-order valence-corrected chi connectivity index (χ0v) is 14.4. The van der Waals surface area contributed by atoms with Crippen molar-refractivity contribution >= 4 is 66.2 Å². The lowest BCUT2D eigenvalue weighted by molar-refractivity contribution is 0.0702. The van der Waals surface area contributed by atoms with Gasteiger partial charge >= 0.3 is 5.97 Å². The van der Waals surface area contributed by atoms with Crippen LogP contribution < -0.4 is 4.72 Å². The number of halogens is 2. The predicted octanol–water partition coefficient (Wildman–Crippen LogP) is 3.40. The molecule has 2 aromatic heterocycles. The standard InChI is InChI=1S/C10H7BrClNO4S3/c11-9-7(3-6(19-9)10(14)15)20(16,17)13-4-5-1-2-8(12)18-5/h1-3,13H,4H2,(H,14,15). The van der Waals surface area contributed by atoms with E-state index in [9.17, 15) is 13.2 Å². The summed E-state index contributed by atoms with van der Waals surface area (Å²) in [7, 11) is -3.78. The van der Waals surface area contributed by atoms with Crippen LogP contribution in [0.25, 0.3) is 0 Å². The molecule has 5 nitrogen and oxygen atoms in total. The molecule has 0 radical (unpaired) electrons. The summed E-state index contributed by atoms with van der Waals surface area (Å²) in [5.41, 5.74) is 0. The second-order valence-electron chi connectivity index (χ2n) is 3.58. The Morgan fingerprint density at radius 3 is 2.60 bits per heavy atom. The fourth-order valence-corrected chi connectivity index (χ4v) is 5.86. The third-order valence-corrected chi connectivity index (χ3v) is 7.09. The summed E-state index contributed by atoms with van der Waals surface area (Å²) in [4.78, 5) is 11.5. The van der Waals surface area contributed by atoms with Gasteiger partial charge in [-0.2, -0.15) is 0 Å². The van der Waals surface area contributed by atoms with E-state index in [0.717, 1.165) is 22.3 Å². The molecule has 0 spiro atoms. The summed E-state index contributed by atoms with van der Waals surface area (Å²) >= 11 is 11.0. The summed E-state index contributed by atoms with van der Waals surface area (Å²) < 4.78 is 27.5. The molecule has 0 unspecified atom stereocenters. The maximum absolute atomic E-state index is 12.1. The van der Waals surface area contributed by atoms with E-state index < -0.39 is 16.0 Å². The van der Waals surface area contributed by atoms with Gasteiger partial charge in [0.2, 0.25) is 10.0 Å². The van der Waals surface area contributed by atoms with Gasteiger partial charge in [0.1, 0.15) is 9.77 Å². The number of sulfonamides is 1. The lowest BCUT2D eigenvalue weighted by Gasteiger charge is -2.03. The Bertz CT molecular complexity index is 752. The molecule has 2 heterocycles. The first-order valence-corrected chi connectivity index (χ1v) is 9.35. The van der Waals surface area contributed by atoms with E-state index in [-0.39, 0.29) is 20.1 Å². The molecule has 0 bridgehead atoms. The monoisotopic (exact) mass is 415 g/mol. The summed E-state index contributed by atoms with van der Waals surface area (Å²) in [6.07, 6.45) is 0. The highest BCUT2D eigenvalue weighted by atomic mass is 79.9. The number of carbonyl (C=O) groups is 1. The molecule has 2 N–H and O–H groups in total. The maximum Gasteiger partial charge on any atom is 0.345 e. The third kappa shape index (κ3) is 3.60. The Morgan fingerprint density at radius 2 is 2.10 bits per heavy atom. The second kappa shape index (κ2) is 6.12. The smallest absolute Gasteiger partial charge is 0.345 e. The minimum Gasteiger partial charge on any atom is -0.477 e. The molecule has 10 heteroatoms. The number of hydrogen-bond acceptors (Lipinski definition) is 5. The van der Waals surface area contributed by atoms with Gasteiger partial charge in [-0.05, 0) is 34.1 Å². The molecule has 0 amide bonds. The van der Waals surface area contributed by atoms with Gasteiger partial charge in [0.25, 0.3) is 0 Å². The van der Waals surface area contributed by atoms with Gasteiger partial charge in [-0.3, -0.25) is 0 Å². The van der Waals surface area contributed by atoms with Gasteiger partial charge in [-0.1, -0.05) is 11.6 Å². The highest BCUT2D eigenvalue weighted by molar-refractivity contribution is 9.11. The lowest BCUT2D eigenvalue weighted by atomic mass is 10.5. The molecule has 2 rings (SSSR count). The minimum atomic E-state index is -3.78. The molecule has 0 saturated heterocycles. The average molecular weight is 417 g/mol. The van der Waals surface area contributed by atoms with E-state index in [0.29, 0.717) is 4.34 Å². The number of carboxylic acids is 1. The normalized spacial score (nSPS) is 11.7. The molecule has 0 fully saturated rings. The van der Waals surface area contributed by atoms with Crippen LogP contribution in [0.15, 0.2) is 26.9 Å². The number of thiophene rings is 2. The Balaban J connectivity index is 2.20. The number of carboxylic acid groups (broad SMARTS) is 1. The van der Waals surface area contributed by atoms with E-state index in [1.807, 2.05) is 0 Å². The highest BCUT2D eigenvalue weighted by Crippen LogP contribution is 2.32. The van der Waals surface area contributed by atoms with Crippen molar-refractivity contribution in [3.63, 3.8) is 0 Å². The molecule has 0 aromatic carbocycles. The first-order chi connectivity index (χ1) is 9.29. The van der Waals surface area contributed by atoms with Crippen molar-refractivity contribution in [2.75, 3.05) is 0 Å². The first kappa shape index (κ1) is 15.9. The molecule has 0 saturated carbocycles. The molecular weight excluding hydrogens is 410 g/mol. The van der Waals surface area contributed by atoms with Gasteiger partial charge in [0.15, 0.2) is 0 Å². The highest BCUT2D eigenvalue weighted by Gasteiger charge is 2.23. The van der Waals surface area contributed by atoms with E-state index in [4.69, 9.17) is 16.7 Å². The van der Waals surface area contributed by atoms with Crippen molar-refractivity contribution in [2.24, 2.45) is 0 Å². The Kier molecular flexibility index (Phi) is 4.88. The molecule has 0 aliphatic heterocycles. The topological polar surface area (TPSA) is 83.5 Å².